The van der Waals surface area contributed by atoms with E-state index in [9.17, 15) is 4.79 Å². The molecule has 3 aromatic rings. The maximum absolute atomic E-state index is 14.3. The number of carbonyl (C=O) groups is 1. The van der Waals surface area contributed by atoms with Crippen LogP contribution in [-0.2, 0) is 6.42 Å². The van der Waals surface area contributed by atoms with Crippen molar-refractivity contribution in [3.8, 4) is 40.2 Å². The van der Waals surface area contributed by atoms with Crippen molar-refractivity contribution in [1.29, 1.82) is 0 Å². The number of benzene rings is 3. The number of fused-ring (bicyclic) bond motifs is 1. The molecule has 0 saturated carbocycles. The van der Waals surface area contributed by atoms with Crippen molar-refractivity contribution in [2.45, 2.75) is 33.2 Å². The number of methoxy groups -OCH3 is 3. The largest absolute Gasteiger partial charge is 0.493 e. The fraction of sp³-hybridized carbons (Fsp3) is 0.406. The van der Waals surface area contributed by atoms with Crippen molar-refractivity contribution in [3.05, 3.63) is 65.2 Å². The number of ether oxygens (including phenoxy) is 7. The van der Waals surface area contributed by atoms with E-state index in [4.69, 9.17) is 33.2 Å². The third-order valence-electron chi connectivity index (χ3n) is 6.89. The Balaban J connectivity index is 1.77. The Morgan fingerprint density at radius 1 is 0.732 bits per heavy atom. The van der Waals surface area contributed by atoms with Gasteiger partial charge >= 0.3 is 0 Å². The number of rotatable bonds is 13. The lowest BCUT2D eigenvalue weighted by molar-refractivity contribution is 0.0586. The summed E-state index contributed by atoms with van der Waals surface area (Å²) in [5.74, 6) is 3.68. The molecule has 0 bridgehead atoms. The van der Waals surface area contributed by atoms with Gasteiger partial charge in [-0.1, -0.05) is 12.1 Å². The van der Waals surface area contributed by atoms with Crippen LogP contribution in [0.15, 0.2) is 48.5 Å². The third kappa shape index (κ3) is 6.39. The zero-order chi connectivity index (χ0) is 29.4. The Morgan fingerprint density at radius 2 is 1.32 bits per heavy atom. The highest BCUT2D eigenvalue weighted by molar-refractivity contribution is 5.96. The molecule has 1 aliphatic heterocycles. The molecule has 9 nitrogen and oxygen atoms in total. The van der Waals surface area contributed by atoms with Crippen molar-refractivity contribution >= 4 is 5.91 Å². The molecule has 0 aliphatic carbocycles. The molecule has 0 fully saturated rings. The maximum atomic E-state index is 14.3. The normalized spacial score (nSPS) is 14.1. The van der Waals surface area contributed by atoms with Crippen LogP contribution in [-0.4, -0.2) is 65.1 Å². The van der Waals surface area contributed by atoms with Gasteiger partial charge in [-0.25, -0.2) is 0 Å². The van der Waals surface area contributed by atoms with E-state index < -0.39 is 6.04 Å². The fourth-order valence-corrected chi connectivity index (χ4v) is 5.04. The molecule has 9 heteroatoms. The summed E-state index contributed by atoms with van der Waals surface area (Å²) in [6.07, 6.45) is 0.639. The first-order valence-corrected chi connectivity index (χ1v) is 13.9. The third-order valence-corrected chi connectivity index (χ3v) is 6.89. The summed E-state index contributed by atoms with van der Waals surface area (Å²) >= 11 is 0. The highest BCUT2D eigenvalue weighted by Gasteiger charge is 2.34. The minimum Gasteiger partial charge on any atom is -0.493 e. The Labute approximate surface area is 241 Å². The minimum absolute atomic E-state index is 0.177. The van der Waals surface area contributed by atoms with Gasteiger partial charge in [0.05, 0.1) is 47.2 Å². The van der Waals surface area contributed by atoms with Crippen LogP contribution in [0.3, 0.4) is 0 Å². The molecule has 0 N–H and O–H groups in total. The molecule has 1 heterocycles. The molecule has 0 spiro atoms. The topological polar surface area (TPSA) is 84.9 Å². The van der Waals surface area contributed by atoms with Gasteiger partial charge in [0.2, 0.25) is 5.75 Å². The van der Waals surface area contributed by atoms with Crippen molar-refractivity contribution in [1.82, 2.24) is 4.90 Å². The average molecular weight is 566 g/mol. The molecule has 0 radical (unpaired) electrons. The first kappa shape index (κ1) is 29.7. The molecule has 1 atom stereocenters. The highest BCUT2D eigenvalue weighted by atomic mass is 16.5. The number of nitrogens with zero attached hydrogens (tertiary/aromatic N) is 1. The summed E-state index contributed by atoms with van der Waals surface area (Å²) in [6.45, 7) is 7.60. The molecule has 0 unspecified atom stereocenters. The predicted octanol–water partition coefficient (Wildman–Crippen LogP) is 5.73. The van der Waals surface area contributed by atoms with Crippen LogP contribution >= 0.6 is 0 Å². The lowest BCUT2D eigenvalue weighted by atomic mass is 9.91. The van der Waals surface area contributed by atoms with Crippen LogP contribution in [0.1, 0.15) is 48.3 Å². The number of carbonyl (C=O) groups excluding carboxylic acids is 1. The summed E-state index contributed by atoms with van der Waals surface area (Å²) in [6, 6.07) is 14.4. The van der Waals surface area contributed by atoms with Crippen LogP contribution in [0.5, 0.6) is 40.2 Å². The molecule has 0 aromatic heterocycles. The van der Waals surface area contributed by atoms with E-state index in [-0.39, 0.29) is 12.5 Å². The zero-order valence-corrected chi connectivity index (χ0v) is 24.7. The van der Waals surface area contributed by atoms with E-state index in [1.165, 1.54) is 0 Å². The zero-order valence-electron chi connectivity index (χ0n) is 24.7. The Hall–Kier alpha value is -4.27. The van der Waals surface area contributed by atoms with E-state index in [0.29, 0.717) is 78.6 Å². The summed E-state index contributed by atoms with van der Waals surface area (Å²) < 4.78 is 40.5. The first-order valence-electron chi connectivity index (χ1n) is 13.9. The Kier molecular flexibility index (Phi) is 10.1. The summed E-state index contributed by atoms with van der Waals surface area (Å²) in [7, 11) is 4.81. The van der Waals surface area contributed by atoms with Crippen molar-refractivity contribution < 1.29 is 38.0 Å². The van der Waals surface area contributed by atoms with E-state index in [2.05, 4.69) is 0 Å². The van der Waals surface area contributed by atoms with Gasteiger partial charge in [0.1, 0.15) is 6.61 Å². The molecule has 4 rings (SSSR count). The maximum Gasteiger partial charge on any atom is 0.254 e. The Bertz CT molecular complexity index is 1310. The van der Waals surface area contributed by atoms with Gasteiger partial charge in [-0.05, 0) is 74.7 Å². The molecule has 0 saturated heterocycles. The monoisotopic (exact) mass is 565 g/mol. The lowest BCUT2D eigenvalue weighted by Crippen LogP contribution is -2.42. The van der Waals surface area contributed by atoms with Gasteiger partial charge in [0.25, 0.3) is 5.91 Å². The number of hydrogen-bond acceptors (Lipinski definition) is 8. The van der Waals surface area contributed by atoms with E-state index in [1.54, 1.807) is 33.5 Å². The SMILES string of the molecule is CCOc1cc(C(=O)N2CCc3cc(OC)c(OC)cc3[C@@H]2COc2ccccc2OC)cc(OCC)c1OCC. The molecular weight excluding hydrogens is 526 g/mol. The second-order valence-corrected chi connectivity index (χ2v) is 9.23. The van der Waals surface area contributed by atoms with E-state index in [1.807, 2.05) is 62.1 Å². The highest BCUT2D eigenvalue weighted by Crippen LogP contribution is 2.42. The number of amides is 1. The predicted molar refractivity (Wildman–Crippen MR) is 155 cm³/mol. The van der Waals surface area contributed by atoms with Crippen molar-refractivity contribution in [2.24, 2.45) is 0 Å². The second kappa shape index (κ2) is 13.9. The van der Waals surface area contributed by atoms with Crippen molar-refractivity contribution in [3.63, 3.8) is 0 Å². The molecule has 3 aromatic carbocycles. The van der Waals surface area contributed by atoms with Crippen LogP contribution in [0.2, 0.25) is 0 Å². The standard InChI is InChI=1S/C32H39NO8/c1-7-38-29-17-22(18-30(39-8-2)31(29)40-9-3)32(34)33-15-14-21-16-27(36-5)28(37-6)19-23(21)24(33)20-41-26-13-11-10-12-25(26)35-4/h10-13,16-19,24H,7-9,14-15,20H2,1-6H3/t24-/m0/s1. The molecule has 41 heavy (non-hydrogen) atoms. The van der Waals surface area contributed by atoms with Gasteiger partial charge in [0, 0.05) is 12.1 Å². The summed E-state index contributed by atoms with van der Waals surface area (Å²) in [4.78, 5) is 16.1. The van der Waals surface area contributed by atoms with Gasteiger partial charge in [-0.3, -0.25) is 4.79 Å². The number of hydrogen-bond donors (Lipinski definition) is 0. The lowest BCUT2D eigenvalue weighted by Gasteiger charge is -2.38. The fourth-order valence-electron chi connectivity index (χ4n) is 5.04. The van der Waals surface area contributed by atoms with Gasteiger partial charge in [-0.15, -0.1) is 0 Å². The van der Waals surface area contributed by atoms with E-state index >= 15 is 0 Å². The van der Waals surface area contributed by atoms with Crippen molar-refractivity contribution in [2.75, 3.05) is 54.3 Å². The quantitative estimate of drug-likeness (QED) is 0.260. The van der Waals surface area contributed by atoms with Gasteiger partial charge in [-0.2, -0.15) is 0 Å². The summed E-state index contributed by atoms with van der Waals surface area (Å²) in [5, 5.41) is 0. The van der Waals surface area contributed by atoms with Crippen LogP contribution in [0.4, 0.5) is 0 Å². The first-order chi connectivity index (χ1) is 20.0. The average Bonchev–Trinajstić information content (AvgIpc) is 3.00. The second-order valence-electron chi connectivity index (χ2n) is 9.23. The van der Waals surface area contributed by atoms with Gasteiger partial charge < -0.3 is 38.1 Å². The smallest absolute Gasteiger partial charge is 0.254 e. The van der Waals surface area contributed by atoms with Crippen LogP contribution < -0.4 is 33.2 Å². The molecule has 220 valence electrons. The molecule has 1 aliphatic rings. The minimum atomic E-state index is -0.423. The number of para-hydroxylation sites is 2. The molecular formula is C32H39NO8. The van der Waals surface area contributed by atoms with Crippen LogP contribution in [0.25, 0.3) is 0 Å². The molecule has 1 amide bonds. The van der Waals surface area contributed by atoms with E-state index in [0.717, 1.165) is 11.1 Å². The Morgan fingerprint density at radius 3 is 1.90 bits per heavy atom. The van der Waals surface area contributed by atoms with Gasteiger partial charge in [0.15, 0.2) is 34.5 Å². The van der Waals surface area contributed by atoms with Crippen LogP contribution in [0, 0.1) is 0 Å². The summed E-state index contributed by atoms with van der Waals surface area (Å²) in [5.41, 5.74) is 2.43.